The maximum atomic E-state index is 4.90. The van der Waals surface area contributed by atoms with Crippen molar-refractivity contribution in [1.82, 2.24) is 0 Å². The predicted octanol–water partition coefficient (Wildman–Crippen LogP) is 2.19. The van der Waals surface area contributed by atoms with Gasteiger partial charge in [0.15, 0.2) is 0 Å². The van der Waals surface area contributed by atoms with Crippen molar-refractivity contribution < 1.29 is 4.74 Å². The normalized spacial score (nSPS) is 14.6. The Labute approximate surface area is 57.7 Å². The Hall–Kier alpha value is -0.300. The maximum Gasteiger partial charge on any atom is 0.0753 e. The Kier molecular flexibility index (Phi) is 5.64. The van der Waals surface area contributed by atoms with E-state index in [2.05, 4.69) is 19.9 Å². The molecule has 0 saturated heterocycles. The van der Waals surface area contributed by atoms with Gasteiger partial charge in [0.2, 0.25) is 0 Å². The van der Waals surface area contributed by atoms with Gasteiger partial charge in [-0.3, -0.25) is 0 Å². The Morgan fingerprint density at radius 3 is 2.78 bits per heavy atom. The van der Waals surface area contributed by atoms with Gasteiger partial charge in [0, 0.05) is 7.11 Å². The van der Waals surface area contributed by atoms with E-state index < -0.39 is 0 Å². The molecule has 1 heteroatoms. The molecule has 9 heavy (non-hydrogen) atoms. The molecule has 0 aromatic carbocycles. The molecule has 0 aliphatic heterocycles. The minimum absolute atomic E-state index is 0.0246. The standard InChI is InChI=1S/C8H15O/c1-4-5-6-7-8(2)9-3/h6-8H,2,4-5H2,1,3H3. The number of methoxy groups -OCH3 is 1. The molecule has 0 spiro atoms. The summed E-state index contributed by atoms with van der Waals surface area (Å²) in [6, 6.07) is 0. The fourth-order valence-corrected chi connectivity index (χ4v) is 0.493. The van der Waals surface area contributed by atoms with Crippen molar-refractivity contribution in [3.05, 3.63) is 19.1 Å². The molecule has 0 N–H and O–H groups in total. The molecule has 0 saturated carbocycles. The van der Waals surface area contributed by atoms with Crippen molar-refractivity contribution in [2.24, 2.45) is 0 Å². The largest absolute Gasteiger partial charge is 0.377 e. The van der Waals surface area contributed by atoms with E-state index in [0.717, 1.165) is 6.42 Å². The van der Waals surface area contributed by atoms with Gasteiger partial charge in [0.05, 0.1) is 6.10 Å². The summed E-state index contributed by atoms with van der Waals surface area (Å²) in [7, 11) is 1.66. The lowest BCUT2D eigenvalue weighted by molar-refractivity contribution is 0.175. The van der Waals surface area contributed by atoms with Crippen LogP contribution in [-0.2, 0) is 4.74 Å². The van der Waals surface area contributed by atoms with Gasteiger partial charge < -0.3 is 4.74 Å². The van der Waals surface area contributed by atoms with Gasteiger partial charge in [0.25, 0.3) is 0 Å². The lowest BCUT2D eigenvalue weighted by atomic mass is 10.3. The molecule has 1 atom stereocenters. The SMILES string of the molecule is [CH2]C(C=CCCC)OC. The number of hydrogen-bond donors (Lipinski definition) is 0. The van der Waals surface area contributed by atoms with Gasteiger partial charge in [-0.05, 0) is 13.3 Å². The molecular weight excluding hydrogens is 112 g/mol. The smallest absolute Gasteiger partial charge is 0.0753 e. The van der Waals surface area contributed by atoms with Crippen molar-refractivity contribution >= 4 is 0 Å². The Bertz CT molecular complexity index is 76.6. The minimum Gasteiger partial charge on any atom is -0.377 e. The average Bonchev–Trinajstić information content (AvgIpc) is 1.89. The summed E-state index contributed by atoms with van der Waals surface area (Å²) in [6.45, 7) is 5.87. The molecular formula is C8H15O. The van der Waals surface area contributed by atoms with Crippen molar-refractivity contribution in [1.29, 1.82) is 0 Å². The van der Waals surface area contributed by atoms with Crippen LogP contribution in [0.15, 0.2) is 12.2 Å². The van der Waals surface area contributed by atoms with Crippen LogP contribution < -0.4 is 0 Å². The number of rotatable bonds is 4. The first kappa shape index (κ1) is 8.70. The summed E-state index contributed by atoms with van der Waals surface area (Å²) in [6.07, 6.45) is 6.41. The number of unbranched alkanes of at least 4 members (excludes halogenated alkanes) is 1. The molecule has 1 unspecified atom stereocenters. The minimum atomic E-state index is 0.0246. The van der Waals surface area contributed by atoms with Gasteiger partial charge in [-0.1, -0.05) is 25.5 Å². The van der Waals surface area contributed by atoms with Crippen LogP contribution in [0.1, 0.15) is 19.8 Å². The fourth-order valence-electron chi connectivity index (χ4n) is 0.493. The van der Waals surface area contributed by atoms with E-state index in [0.29, 0.717) is 0 Å². The second kappa shape index (κ2) is 5.83. The van der Waals surface area contributed by atoms with Crippen LogP contribution in [0.2, 0.25) is 0 Å². The predicted molar refractivity (Wildman–Crippen MR) is 40.2 cm³/mol. The molecule has 0 aromatic rings. The second-order valence-corrected chi connectivity index (χ2v) is 1.99. The van der Waals surface area contributed by atoms with Crippen LogP contribution in [0.3, 0.4) is 0 Å². The molecule has 1 radical (unpaired) electrons. The zero-order valence-corrected chi connectivity index (χ0v) is 6.26. The van der Waals surface area contributed by atoms with E-state index in [-0.39, 0.29) is 6.10 Å². The van der Waals surface area contributed by atoms with Crippen LogP contribution in [0.5, 0.6) is 0 Å². The third-order valence-corrected chi connectivity index (χ3v) is 1.11. The third-order valence-electron chi connectivity index (χ3n) is 1.11. The highest BCUT2D eigenvalue weighted by Gasteiger charge is 1.87. The van der Waals surface area contributed by atoms with Gasteiger partial charge in [-0.15, -0.1) is 0 Å². The molecule has 0 fully saturated rings. The highest BCUT2D eigenvalue weighted by atomic mass is 16.5. The highest BCUT2D eigenvalue weighted by Crippen LogP contribution is 1.93. The molecule has 0 bridgehead atoms. The highest BCUT2D eigenvalue weighted by molar-refractivity contribution is 4.90. The van der Waals surface area contributed by atoms with E-state index in [1.54, 1.807) is 7.11 Å². The van der Waals surface area contributed by atoms with Crippen molar-refractivity contribution in [3.63, 3.8) is 0 Å². The van der Waals surface area contributed by atoms with Crippen LogP contribution in [0, 0.1) is 6.92 Å². The average molecular weight is 127 g/mol. The summed E-state index contributed by atoms with van der Waals surface area (Å²) in [5, 5.41) is 0. The Morgan fingerprint density at radius 2 is 2.33 bits per heavy atom. The zero-order valence-electron chi connectivity index (χ0n) is 6.26. The maximum absolute atomic E-state index is 4.90. The van der Waals surface area contributed by atoms with E-state index >= 15 is 0 Å². The first-order valence-electron chi connectivity index (χ1n) is 3.33. The molecule has 0 aliphatic rings. The molecule has 1 nitrogen and oxygen atoms in total. The van der Waals surface area contributed by atoms with Crippen LogP contribution in [0.25, 0.3) is 0 Å². The Morgan fingerprint density at radius 1 is 1.67 bits per heavy atom. The quantitative estimate of drug-likeness (QED) is 0.526. The lowest BCUT2D eigenvalue weighted by Gasteiger charge is -1.99. The third kappa shape index (κ3) is 5.57. The van der Waals surface area contributed by atoms with Crippen molar-refractivity contribution in [2.75, 3.05) is 7.11 Å². The summed E-state index contributed by atoms with van der Waals surface area (Å²) >= 11 is 0. The molecule has 0 amide bonds. The fraction of sp³-hybridized carbons (Fsp3) is 0.625. The molecule has 53 valence electrons. The summed E-state index contributed by atoms with van der Waals surface area (Å²) in [4.78, 5) is 0. The molecule has 0 heterocycles. The van der Waals surface area contributed by atoms with Crippen LogP contribution in [-0.4, -0.2) is 13.2 Å². The number of ether oxygens (including phenoxy) is 1. The Balaban J connectivity index is 3.20. The zero-order chi connectivity index (χ0) is 7.11. The van der Waals surface area contributed by atoms with E-state index in [9.17, 15) is 0 Å². The molecule has 0 rings (SSSR count). The summed E-state index contributed by atoms with van der Waals surface area (Å²) in [5.74, 6) is 0. The van der Waals surface area contributed by atoms with E-state index in [1.807, 2.05) is 6.08 Å². The topological polar surface area (TPSA) is 9.23 Å². The lowest BCUT2D eigenvalue weighted by Crippen LogP contribution is -1.98. The van der Waals surface area contributed by atoms with E-state index in [4.69, 9.17) is 4.74 Å². The van der Waals surface area contributed by atoms with E-state index in [1.165, 1.54) is 6.42 Å². The molecule has 0 aromatic heterocycles. The number of hydrogen-bond acceptors (Lipinski definition) is 1. The van der Waals surface area contributed by atoms with Gasteiger partial charge in [-0.25, -0.2) is 0 Å². The van der Waals surface area contributed by atoms with Gasteiger partial charge in [0.1, 0.15) is 0 Å². The number of allylic oxidation sites excluding steroid dienone is 1. The first-order chi connectivity index (χ1) is 4.31. The first-order valence-corrected chi connectivity index (χ1v) is 3.33. The van der Waals surface area contributed by atoms with Crippen molar-refractivity contribution in [2.45, 2.75) is 25.9 Å². The van der Waals surface area contributed by atoms with Crippen LogP contribution >= 0.6 is 0 Å². The van der Waals surface area contributed by atoms with Crippen molar-refractivity contribution in [3.8, 4) is 0 Å². The van der Waals surface area contributed by atoms with Crippen LogP contribution in [0.4, 0.5) is 0 Å². The second-order valence-electron chi connectivity index (χ2n) is 1.99. The summed E-state index contributed by atoms with van der Waals surface area (Å²) < 4.78 is 4.90. The summed E-state index contributed by atoms with van der Waals surface area (Å²) in [5.41, 5.74) is 0. The monoisotopic (exact) mass is 127 g/mol. The van der Waals surface area contributed by atoms with Gasteiger partial charge >= 0.3 is 0 Å². The molecule has 0 aliphatic carbocycles. The van der Waals surface area contributed by atoms with Gasteiger partial charge in [-0.2, -0.15) is 0 Å².